The van der Waals surface area contributed by atoms with Crippen LogP contribution >= 0.6 is 11.6 Å². The molecule has 10 heteroatoms. The van der Waals surface area contributed by atoms with E-state index in [1.54, 1.807) is 24.5 Å². The van der Waals surface area contributed by atoms with Gasteiger partial charge in [0.25, 0.3) is 0 Å². The molecule has 0 bridgehead atoms. The molecule has 1 saturated carbocycles. The van der Waals surface area contributed by atoms with Crippen LogP contribution in [0.2, 0.25) is 5.02 Å². The van der Waals surface area contributed by atoms with Gasteiger partial charge in [0.1, 0.15) is 5.69 Å². The fourth-order valence-electron chi connectivity index (χ4n) is 4.73. The van der Waals surface area contributed by atoms with E-state index in [9.17, 15) is 4.79 Å². The highest BCUT2D eigenvalue weighted by atomic mass is 35.5. The first-order valence-electron chi connectivity index (χ1n) is 10.8. The minimum absolute atomic E-state index is 0.151. The van der Waals surface area contributed by atoms with Crippen LogP contribution in [0.3, 0.4) is 0 Å². The largest absolute Gasteiger partial charge is 0.439 e. The molecule has 1 aliphatic carbocycles. The highest BCUT2D eigenvalue weighted by Gasteiger charge is 2.28. The molecule has 0 spiro atoms. The van der Waals surface area contributed by atoms with Crippen LogP contribution in [0.1, 0.15) is 45.6 Å². The van der Waals surface area contributed by atoms with Gasteiger partial charge in [0.15, 0.2) is 0 Å². The molecule has 0 amide bonds. The predicted octanol–water partition coefficient (Wildman–Crippen LogP) is 4.46. The second kappa shape index (κ2) is 8.05. The molecule has 32 heavy (non-hydrogen) atoms. The van der Waals surface area contributed by atoms with Gasteiger partial charge in [0, 0.05) is 24.0 Å². The third-order valence-electron chi connectivity index (χ3n) is 6.51. The van der Waals surface area contributed by atoms with E-state index in [2.05, 4.69) is 43.0 Å². The Morgan fingerprint density at radius 2 is 2.00 bits per heavy atom. The van der Waals surface area contributed by atoms with E-state index in [0.29, 0.717) is 33.8 Å². The summed E-state index contributed by atoms with van der Waals surface area (Å²) in [6, 6.07) is 3.71. The molecule has 1 atom stereocenters. The first kappa shape index (κ1) is 20.7. The number of nitrogens with one attached hydrogen (secondary N) is 1. The number of nitrogens with two attached hydrogens (primary N) is 1. The lowest BCUT2D eigenvalue weighted by Gasteiger charge is -2.32. The summed E-state index contributed by atoms with van der Waals surface area (Å²) >= 11 is 6.24. The number of nitrogens with zero attached hydrogens (tertiary/aromatic N) is 5. The van der Waals surface area contributed by atoms with Gasteiger partial charge in [-0.15, -0.1) is 0 Å². The molecule has 1 aliphatic rings. The van der Waals surface area contributed by atoms with E-state index in [1.807, 2.05) is 0 Å². The maximum Gasteiger partial charge on any atom is 0.439 e. The molecule has 166 valence electrons. The van der Waals surface area contributed by atoms with Gasteiger partial charge in [-0.05, 0) is 43.7 Å². The molecule has 3 N–H and O–H groups in total. The van der Waals surface area contributed by atoms with Crippen LogP contribution in [0, 0.1) is 11.8 Å². The zero-order chi connectivity index (χ0) is 22.4. The lowest BCUT2D eigenvalue weighted by Crippen LogP contribution is -2.23. The average molecular weight is 454 g/mol. The van der Waals surface area contributed by atoms with Gasteiger partial charge in [-0.25, -0.2) is 14.8 Å². The van der Waals surface area contributed by atoms with E-state index in [-0.39, 0.29) is 11.9 Å². The minimum Gasteiger partial charge on any atom is -0.369 e. The van der Waals surface area contributed by atoms with Gasteiger partial charge in [-0.2, -0.15) is 0 Å². The van der Waals surface area contributed by atoms with Crippen molar-refractivity contribution in [2.24, 2.45) is 11.8 Å². The summed E-state index contributed by atoms with van der Waals surface area (Å²) in [6.07, 6.45) is 8.01. The summed E-state index contributed by atoms with van der Waals surface area (Å²) in [5.41, 5.74) is 9.68. The molecule has 1 unspecified atom stereocenters. The third-order valence-corrected chi connectivity index (χ3v) is 6.71. The number of halogens is 1. The zero-order valence-electron chi connectivity index (χ0n) is 17.9. The van der Waals surface area contributed by atoms with Gasteiger partial charge < -0.3 is 10.3 Å². The predicted molar refractivity (Wildman–Crippen MR) is 122 cm³/mol. The van der Waals surface area contributed by atoms with Gasteiger partial charge >= 0.3 is 5.76 Å². The van der Waals surface area contributed by atoms with Crippen LogP contribution < -0.4 is 11.5 Å². The number of nitrogen functional groups attached to an aromatic ring is 1. The smallest absolute Gasteiger partial charge is 0.369 e. The Morgan fingerprint density at radius 3 is 2.69 bits per heavy atom. The Hall–Kier alpha value is -3.20. The average Bonchev–Trinajstić information content (AvgIpc) is 3.35. The lowest BCUT2D eigenvalue weighted by molar-refractivity contribution is 0.229. The zero-order valence-corrected chi connectivity index (χ0v) is 18.6. The van der Waals surface area contributed by atoms with Crippen LogP contribution in [0.25, 0.3) is 33.8 Å². The molecule has 0 saturated heterocycles. The number of anilines is 1. The minimum atomic E-state index is -0.655. The van der Waals surface area contributed by atoms with Crippen molar-refractivity contribution in [3.63, 3.8) is 0 Å². The van der Waals surface area contributed by atoms with E-state index < -0.39 is 5.76 Å². The number of fused-ring (bicyclic) bond motifs is 1. The Kier molecular flexibility index (Phi) is 5.21. The molecule has 9 nitrogen and oxygen atoms in total. The summed E-state index contributed by atoms with van der Waals surface area (Å²) in [5.74, 6) is 1.25. The monoisotopic (exact) mass is 453 g/mol. The lowest BCUT2D eigenvalue weighted by atomic mass is 9.79. The summed E-state index contributed by atoms with van der Waals surface area (Å²) in [5, 5.41) is 4.27. The van der Waals surface area contributed by atoms with Crippen LogP contribution in [-0.4, -0.2) is 29.7 Å². The molecule has 0 radical (unpaired) electrons. The van der Waals surface area contributed by atoms with E-state index >= 15 is 0 Å². The molecular formula is C22H24ClN7O2. The summed E-state index contributed by atoms with van der Waals surface area (Å²) in [4.78, 5) is 27.7. The van der Waals surface area contributed by atoms with E-state index in [0.717, 1.165) is 29.8 Å². The third kappa shape index (κ3) is 3.66. The highest BCUT2D eigenvalue weighted by Crippen LogP contribution is 2.40. The molecule has 0 aromatic carbocycles. The Balaban J connectivity index is 1.72. The highest BCUT2D eigenvalue weighted by molar-refractivity contribution is 6.30. The molecule has 4 aromatic rings. The Morgan fingerprint density at radius 1 is 1.22 bits per heavy atom. The maximum absolute atomic E-state index is 11.5. The van der Waals surface area contributed by atoms with Crippen molar-refractivity contribution in [2.45, 2.75) is 45.6 Å². The number of aromatic nitrogens is 6. The number of H-pyrrole nitrogens is 1. The van der Waals surface area contributed by atoms with Crippen molar-refractivity contribution in [1.82, 2.24) is 29.7 Å². The standard InChI is InChI=1S/C22H24ClN7O2/c1-11-3-5-13(6-4-11)12(2)30-19-16(27-21(30)24)8-17(20-28-22(31)32-29-20)26-18(19)14-7-15(23)10-25-9-14/h7-13H,3-6H2,1-2H3,(H2,24,27)(H,28,29,31). The molecule has 4 aromatic heterocycles. The first-order chi connectivity index (χ1) is 15.4. The topological polar surface area (TPSA) is 129 Å². The van der Waals surface area contributed by atoms with Gasteiger partial charge in [0.05, 0.1) is 21.7 Å². The van der Waals surface area contributed by atoms with Gasteiger partial charge in [-0.1, -0.05) is 36.5 Å². The van der Waals surface area contributed by atoms with E-state index in [4.69, 9.17) is 22.3 Å². The van der Waals surface area contributed by atoms with Crippen molar-refractivity contribution in [3.8, 4) is 22.8 Å². The molecule has 1 fully saturated rings. The number of imidazole rings is 1. The Labute approximate surface area is 189 Å². The van der Waals surface area contributed by atoms with Crippen molar-refractivity contribution in [2.75, 3.05) is 5.73 Å². The van der Waals surface area contributed by atoms with Gasteiger partial charge in [0.2, 0.25) is 11.8 Å². The van der Waals surface area contributed by atoms with Crippen LogP contribution in [0.15, 0.2) is 33.8 Å². The van der Waals surface area contributed by atoms with Crippen LogP contribution in [0.5, 0.6) is 0 Å². The van der Waals surface area contributed by atoms with Crippen molar-refractivity contribution in [3.05, 3.63) is 40.1 Å². The van der Waals surface area contributed by atoms with Crippen LogP contribution in [-0.2, 0) is 0 Å². The first-order valence-corrected chi connectivity index (χ1v) is 11.1. The molecule has 4 heterocycles. The number of hydrogen-bond acceptors (Lipinski definition) is 7. The second-order valence-electron chi connectivity index (χ2n) is 8.66. The number of pyridine rings is 2. The molecular weight excluding hydrogens is 430 g/mol. The summed E-state index contributed by atoms with van der Waals surface area (Å²) < 4.78 is 6.74. The summed E-state index contributed by atoms with van der Waals surface area (Å²) in [6.45, 7) is 4.51. The number of aromatic amines is 1. The fraction of sp³-hybridized carbons (Fsp3) is 0.409. The van der Waals surface area contributed by atoms with Gasteiger partial charge in [-0.3, -0.25) is 14.5 Å². The van der Waals surface area contributed by atoms with E-state index in [1.165, 1.54) is 12.8 Å². The number of rotatable bonds is 4. The number of hydrogen-bond donors (Lipinski definition) is 2. The SMILES string of the molecule is CC1CCC(C(C)n2c(N)nc3cc(-c4noc(=O)[nH]4)nc(-c4cncc(Cl)c4)c32)CC1. The normalized spacial score (nSPS) is 20.0. The molecule has 5 rings (SSSR count). The van der Waals surface area contributed by atoms with Crippen molar-refractivity contribution >= 4 is 28.6 Å². The fourth-order valence-corrected chi connectivity index (χ4v) is 4.91. The quantitative estimate of drug-likeness (QED) is 0.466. The van der Waals surface area contributed by atoms with Crippen molar-refractivity contribution in [1.29, 1.82) is 0 Å². The van der Waals surface area contributed by atoms with Crippen LogP contribution in [0.4, 0.5) is 5.95 Å². The molecule has 0 aliphatic heterocycles. The maximum atomic E-state index is 11.5. The van der Waals surface area contributed by atoms with Crippen molar-refractivity contribution < 1.29 is 4.52 Å². The second-order valence-corrected chi connectivity index (χ2v) is 9.10. The Bertz CT molecular complexity index is 1330. The summed E-state index contributed by atoms with van der Waals surface area (Å²) in [7, 11) is 0.